The molecule has 0 saturated heterocycles. The molecule has 13 heteroatoms. The summed E-state index contributed by atoms with van der Waals surface area (Å²) in [6.45, 7) is 7.83. The monoisotopic (exact) mass is 574 g/mol. The molecule has 2 heterocycles. The second-order valence-electron chi connectivity index (χ2n) is 10.7. The van der Waals surface area contributed by atoms with Crippen molar-refractivity contribution in [3.63, 3.8) is 0 Å². The normalized spacial score (nSPS) is 13.9. The van der Waals surface area contributed by atoms with Crippen molar-refractivity contribution in [2.24, 2.45) is 0 Å². The van der Waals surface area contributed by atoms with Crippen LogP contribution in [0, 0.1) is 18.3 Å². The molecular weight excluding hydrogens is 545 g/mol. The van der Waals surface area contributed by atoms with Gasteiger partial charge in [0.25, 0.3) is 0 Å². The highest BCUT2D eigenvalue weighted by molar-refractivity contribution is 6.76. The molecule has 0 bridgehead atoms. The van der Waals surface area contributed by atoms with E-state index in [0.717, 1.165) is 28.5 Å². The highest BCUT2D eigenvalue weighted by atomic mass is 28.3. The number of carbonyl (C=O) groups is 1. The number of benzene rings is 2. The van der Waals surface area contributed by atoms with Crippen molar-refractivity contribution in [2.45, 2.75) is 51.1 Å². The molecule has 9 nitrogen and oxygen atoms in total. The van der Waals surface area contributed by atoms with Crippen molar-refractivity contribution in [1.29, 1.82) is 5.26 Å². The first-order valence-corrected chi connectivity index (χ1v) is 16.0. The van der Waals surface area contributed by atoms with E-state index in [1.54, 1.807) is 0 Å². The fourth-order valence-corrected chi connectivity index (χ4v) is 5.47. The molecule has 0 amide bonds. The van der Waals surface area contributed by atoms with Gasteiger partial charge in [0.2, 0.25) is 5.60 Å². The Morgan fingerprint density at radius 1 is 1.20 bits per heavy atom. The number of methoxy groups -OCH3 is 1. The average Bonchev–Trinajstić information content (AvgIpc) is 3.47. The molecule has 4 aromatic rings. The molecule has 2 aromatic heterocycles. The fourth-order valence-electron chi connectivity index (χ4n) is 4.71. The minimum Gasteiger partial charge on any atom is -0.496 e. The van der Waals surface area contributed by atoms with Gasteiger partial charge >= 0.3 is 12.3 Å². The van der Waals surface area contributed by atoms with Gasteiger partial charge in [0.05, 0.1) is 40.9 Å². The van der Waals surface area contributed by atoms with E-state index in [0.29, 0.717) is 5.56 Å². The molecular formula is C27H29F3N4O5Si. The molecule has 0 aliphatic rings. The summed E-state index contributed by atoms with van der Waals surface area (Å²) in [4.78, 5) is 16.1. The molecule has 0 fully saturated rings. The SMILES string of the molecule is COc1cc(C)c2c(ccn2C(=O)O)c1C(O)(c1nc2ccc(C#N)cc2n1COCC[Si](C)(C)C)C(F)(F)F. The van der Waals surface area contributed by atoms with E-state index in [4.69, 9.17) is 9.47 Å². The van der Waals surface area contributed by atoms with Crippen molar-refractivity contribution < 1.29 is 37.7 Å². The predicted molar refractivity (Wildman–Crippen MR) is 144 cm³/mol. The first-order chi connectivity index (χ1) is 18.6. The number of rotatable bonds is 8. The number of aliphatic hydroxyl groups is 1. The number of hydrogen-bond acceptors (Lipinski definition) is 6. The molecule has 2 aromatic carbocycles. The van der Waals surface area contributed by atoms with Crippen molar-refractivity contribution >= 4 is 36.1 Å². The minimum atomic E-state index is -5.34. The molecule has 0 radical (unpaired) electrons. The smallest absolute Gasteiger partial charge is 0.429 e. The third-order valence-corrected chi connectivity index (χ3v) is 8.44. The number of nitrogens with zero attached hydrogens (tertiary/aromatic N) is 4. The first-order valence-electron chi connectivity index (χ1n) is 12.3. The molecule has 40 heavy (non-hydrogen) atoms. The van der Waals surface area contributed by atoms with E-state index in [-0.39, 0.29) is 46.6 Å². The van der Waals surface area contributed by atoms with Gasteiger partial charge in [-0.25, -0.2) is 9.78 Å². The van der Waals surface area contributed by atoms with Crippen LogP contribution in [-0.2, 0) is 17.1 Å². The number of imidazole rings is 1. The van der Waals surface area contributed by atoms with Crippen LogP contribution < -0.4 is 4.74 Å². The number of alkyl halides is 3. The highest BCUT2D eigenvalue weighted by Gasteiger charge is 2.61. The Morgan fingerprint density at radius 3 is 2.48 bits per heavy atom. The molecule has 212 valence electrons. The quantitative estimate of drug-likeness (QED) is 0.201. The van der Waals surface area contributed by atoms with E-state index in [9.17, 15) is 20.3 Å². The summed E-state index contributed by atoms with van der Waals surface area (Å²) >= 11 is 0. The van der Waals surface area contributed by atoms with E-state index >= 15 is 13.2 Å². The summed E-state index contributed by atoms with van der Waals surface area (Å²) in [5, 5.41) is 30.8. The number of nitriles is 1. The Kier molecular flexibility index (Phi) is 7.48. The van der Waals surface area contributed by atoms with Crippen LogP contribution in [0.5, 0.6) is 5.75 Å². The topological polar surface area (TPSA) is 123 Å². The van der Waals surface area contributed by atoms with Crippen LogP contribution in [0.4, 0.5) is 18.0 Å². The summed E-state index contributed by atoms with van der Waals surface area (Å²) in [5.74, 6) is -1.10. The molecule has 0 aliphatic carbocycles. The molecule has 2 N–H and O–H groups in total. The van der Waals surface area contributed by atoms with Gasteiger partial charge in [0, 0.05) is 26.3 Å². The van der Waals surface area contributed by atoms with Gasteiger partial charge in [-0.05, 0) is 48.9 Å². The maximum absolute atomic E-state index is 15.2. The maximum Gasteiger partial charge on any atom is 0.429 e. The molecule has 4 rings (SSSR count). The third kappa shape index (κ3) is 4.94. The third-order valence-electron chi connectivity index (χ3n) is 6.74. The number of halogens is 3. The van der Waals surface area contributed by atoms with Crippen molar-refractivity contribution in [2.75, 3.05) is 13.7 Å². The Bertz CT molecular complexity index is 1650. The van der Waals surface area contributed by atoms with Gasteiger partial charge in [0.15, 0.2) is 5.82 Å². The summed E-state index contributed by atoms with van der Waals surface area (Å²) < 4.78 is 58.7. The Hall–Kier alpha value is -3.86. The first kappa shape index (κ1) is 29.1. The van der Waals surface area contributed by atoms with Gasteiger partial charge in [-0.3, -0.25) is 4.57 Å². The van der Waals surface area contributed by atoms with Crippen LogP contribution in [0.25, 0.3) is 21.9 Å². The van der Waals surface area contributed by atoms with Crippen LogP contribution in [0.3, 0.4) is 0 Å². The molecule has 1 unspecified atom stereocenters. The van der Waals surface area contributed by atoms with Gasteiger partial charge in [0.1, 0.15) is 12.5 Å². The second-order valence-corrected chi connectivity index (χ2v) is 16.4. The van der Waals surface area contributed by atoms with Gasteiger partial charge in [-0.15, -0.1) is 0 Å². The van der Waals surface area contributed by atoms with E-state index in [1.807, 2.05) is 6.07 Å². The lowest BCUT2D eigenvalue weighted by molar-refractivity contribution is -0.252. The molecule has 1 atom stereocenters. The zero-order chi connectivity index (χ0) is 29.6. The van der Waals surface area contributed by atoms with Crippen LogP contribution in [-0.4, -0.2) is 58.4 Å². The number of carboxylic acid groups (broad SMARTS) is 1. The summed E-state index contributed by atoms with van der Waals surface area (Å²) in [6, 6.07) is 9.35. The molecule has 0 aliphatic heterocycles. The van der Waals surface area contributed by atoms with Crippen molar-refractivity contribution in [3.05, 3.63) is 59.0 Å². The predicted octanol–water partition coefficient (Wildman–Crippen LogP) is 5.82. The molecule has 0 spiro atoms. The fraction of sp³-hybridized carbons (Fsp3) is 0.370. The highest BCUT2D eigenvalue weighted by Crippen LogP contribution is 2.51. The second kappa shape index (κ2) is 10.3. The maximum atomic E-state index is 15.2. The van der Waals surface area contributed by atoms with Gasteiger partial charge < -0.3 is 24.3 Å². The van der Waals surface area contributed by atoms with Crippen molar-refractivity contribution in [1.82, 2.24) is 14.1 Å². The van der Waals surface area contributed by atoms with E-state index in [1.165, 1.54) is 37.3 Å². The number of aromatic nitrogens is 3. The standard InChI is InChI=1S/C27H29F3N4O5Si/c1-16-12-21(38-2)22(18-8-9-33(23(16)18)25(35)36)26(37,27(28,29)30)24-32-19-7-6-17(14-31)13-20(19)34(24)15-39-10-11-40(3,4)5/h6-9,12-13,37H,10-11,15H2,1-5H3,(H,35,36). The molecule has 0 saturated carbocycles. The van der Waals surface area contributed by atoms with Gasteiger partial charge in [-0.2, -0.15) is 18.4 Å². The van der Waals surface area contributed by atoms with Crippen LogP contribution in [0.15, 0.2) is 36.5 Å². The number of ether oxygens (including phenoxy) is 2. The number of aryl methyl sites for hydroxylation is 1. The summed E-state index contributed by atoms with van der Waals surface area (Å²) in [6.07, 6.45) is -5.64. The summed E-state index contributed by atoms with van der Waals surface area (Å²) in [5.41, 5.74) is -3.72. The zero-order valence-corrected chi connectivity index (χ0v) is 23.6. The average molecular weight is 575 g/mol. The van der Waals surface area contributed by atoms with Gasteiger partial charge in [-0.1, -0.05) is 19.6 Å². The van der Waals surface area contributed by atoms with E-state index in [2.05, 4.69) is 24.6 Å². The minimum absolute atomic E-state index is 0.0354. The van der Waals surface area contributed by atoms with Crippen LogP contribution >= 0.6 is 0 Å². The lowest BCUT2D eigenvalue weighted by atomic mass is 9.87. The van der Waals surface area contributed by atoms with Crippen molar-refractivity contribution in [3.8, 4) is 11.8 Å². The van der Waals surface area contributed by atoms with Crippen LogP contribution in [0.2, 0.25) is 25.7 Å². The Balaban J connectivity index is 2.06. The Morgan fingerprint density at radius 2 is 1.90 bits per heavy atom. The number of fused-ring (bicyclic) bond motifs is 2. The largest absolute Gasteiger partial charge is 0.496 e. The lowest BCUT2D eigenvalue weighted by Gasteiger charge is -2.33. The Labute approximate surface area is 229 Å². The zero-order valence-electron chi connectivity index (χ0n) is 22.6. The van der Waals surface area contributed by atoms with E-state index < -0.39 is 37.3 Å². The summed E-state index contributed by atoms with van der Waals surface area (Å²) in [7, 11) is -0.361. The van der Waals surface area contributed by atoms with Crippen LogP contribution in [0.1, 0.15) is 22.5 Å². The number of hydrogen-bond donors (Lipinski definition) is 2. The lowest BCUT2D eigenvalue weighted by Crippen LogP contribution is -2.46.